The van der Waals surface area contributed by atoms with Gasteiger partial charge >= 0.3 is 0 Å². The van der Waals surface area contributed by atoms with Crippen molar-refractivity contribution in [2.24, 2.45) is 5.16 Å². The van der Waals surface area contributed by atoms with Gasteiger partial charge in [0.15, 0.2) is 18.1 Å². The molecule has 0 N–H and O–H groups in total. The van der Waals surface area contributed by atoms with E-state index >= 15 is 0 Å². The van der Waals surface area contributed by atoms with Gasteiger partial charge in [-0.05, 0) is 42.5 Å². The molecule has 7 heteroatoms. The highest BCUT2D eigenvalue weighted by atomic mass is 16.6. The van der Waals surface area contributed by atoms with E-state index in [0.29, 0.717) is 23.1 Å². The van der Waals surface area contributed by atoms with Crippen LogP contribution in [-0.2, 0) is 11.4 Å². The maximum atomic E-state index is 5.48. The molecule has 0 aliphatic rings. The number of oxazole rings is 1. The molecule has 0 atom stereocenters. The van der Waals surface area contributed by atoms with Crippen LogP contribution in [0.1, 0.15) is 11.3 Å². The van der Waals surface area contributed by atoms with E-state index in [1.54, 1.807) is 39.9 Å². The Bertz CT molecular complexity index is 903. The molecule has 0 aliphatic heterocycles. The summed E-state index contributed by atoms with van der Waals surface area (Å²) in [6.45, 7) is 0.198. The lowest BCUT2D eigenvalue weighted by atomic mass is 10.2. The monoisotopic (exact) mass is 368 g/mol. The normalized spacial score (nSPS) is 10.8. The van der Waals surface area contributed by atoms with Crippen molar-refractivity contribution in [1.29, 1.82) is 0 Å². The second-order valence-electron chi connectivity index (χ2n) is 5.49. The first-order chi connectivity index (χ1) is 13.2. The van der Waals surface area contributed by atoms with Gasteiger partial charge in [-0.25, -0.2) is 4.98 Å². The molecule has 0 unspecified atom stereocenters. The molecule has 27 heavy (non-hydrogen) atoms. The van der Waals surface area contributed by atoms with Crippen LogP contribution in [0.2, 0.25) is 0 Å². The van der Waals surface area contributed by atoms with Gasteiger partial charge in [0.2, 0.25) is 5.89 Å². The Hall–Kier alpha value is -3.48. The molecule has 3 rings (SSSR count). The summed E-state index contributed by atoms with van der Waals surface area (Å²) >= 11 is 0. The fourth-order valence-corrected chi connectivity index (χ4v) is 2.37. The quantitative estimate of drug-likeness (QED) is 0.443. The zero-order valence-electron chi connectivity index (χ0n) is 15.3. The van der Waals surface area contributed by atoms with Crippen molar-refractivity contribution in [2.45, 2.75) is 6.61 Å². The van der Waals surface area contributed by atoms with Crippen LogP contribution >= 0.6 is 0 Å². The van der Waals surface area contributed by atoms with Crippen LogP contribution in [0, 0.1) is 0 Å². The van der Waals surface area contributed by atoms with Crippen molar-refractivity contribution in [3.63, 3.8) is 0 Å². The number of rotatable bonds is 8. The van der Waals surface area contributed by atoms with Gasteiger partial charge in [0, 0.05) is 11.1 Å². The van der Waals surface area contributed by atoms with Gasteiger partial charge in [-0.3, -0.25) is 0 Å². The second-order valence-corrected chi connectivity index (χ2v) is 5.49. The highest BCUT2D eigenvalue weighted by Gasteiger charge is 2.07. The number of aromatic nitrogens is 1. The molecule has 7 nitrogen and oxygen atoms in total. The summed E-state index contributed by atoms with van der Waals surface area (Å²) < 4.78 is 21.1. The van der Waals surface area contributed by atoms with Crippen LogP contribution < -0.4 is 14.2 Å². The molecule has 0 saturated carbocycles. The van der Waals surface area contributed by atoms with Crippen molar-refractivity contribution >= 4 is 6.21 Å². The van der Waals surface area contributed by atoms with Gasteiger partial charge in [0.05, 0.1) is 27.5 Å². The highest BCUT2D eigenvalue weighted by Crippen LogP contribution is 2.27. The van der Waals surface area contributed by atoms with Crippen molar-refractivity contribution in [3.05, 3.63) is 60.0 Å². The van der Waals surface area contributed by atoms with Crippen LogP contribution in [0.5, 0.6) is 17.2 Å². The first kappa shape index (κ1) is 18.3. The fourth-order valence-electron chi connectivity index (χ4n) is 2.37. The fraction of sp³-hybridized carbons (Fsp3) is 0.200. The lowest BCUT2D eigenvalue weighted by Crippen LogP contribution is -1.93. The van der Waals surface area contributed by atoms with E-state index in [9.17, 15) is 0 Å². The Balaban J connectivity index is 1.57. The summed E-state index contributed by atoms with van der Waals surface area (Å²) in [7, 11) is 4.80. The molecule has 0 radical (unpaired) electrons. The molecule has 2 aromatic carbocycles. The minimum absolute atomic E-state index is 0.198. The van der Waals surface area contributed by atoms with Crippen molar-refractivity contribution in [2.75, 3.05) is 21.3 Å². The second kappa shape index (κ2) is 8.75. The number of hydrogen-bond donors (Lipinski definition) is 0. The number of oxime groups is 1. The number of hydrogen-bond acceptors (Lipinski definition) is 7. The third-order valence-electron chi connectivity index (χ3n) is 3.79. The molecule has 0 saturated heterocycles. The van der Waals surface area contributed by atoms with Crippen LogP contribution in [0.25, 0.3) is 11.5 Å². The van der Waals surface area contributed by atoms with Gasteiger partial charge < -0.3 is 23.5 Å². The Morgan fingerprint density at radius 3 is 2.44 bits per heavy atom. The minimum atomic E-state index is 0.198. The van der Waals surface area contributed by atoms with Crippen molar-refractivity contribution < 1.29 is 23.5 Å². The van der Waals surface area contributed by atoms with Gasteiger partial charge in [0.1, 0.15) is 17.7 Å². The van der Waals surface area contributed by atoms with Crippen LogP contribution in [-0.4, -0.2) is 32.5 Å². The average Bonchev–Trinajstić information content (AvgIpc) is 3.20. The molecular formula is C20H20N2O5. The molecule has 0 aliphatic carbocycles. The number of ether oxygens (including phenoxy) is 3. The first-order valence-electron chi connectivity index (χ1n) is 8.19. The van der Waals surface area contributed by atoms with Crippen molar-refractivity contribution in [1.82, 2.24) is 4.98 Å². The third kappa shape index (κ3) is 4.58. The van der Waals surface area contributed by atoms with Gasteiger partial charge in [-0.2, -0.15) is 0 Å². The highest BCUT2D eigenvalue weighted by molar-refractivity contribution is 5.80. The molecular weight excluding hydrogens is 348 g/mol. The Labute approximate surface area is 157 Å². The van der Waals surface area contributed by atoms with E-state index in [0.717, 1.165) is 16.9 Å². The first-order valence-corrected chi connectivity index (χ1v) is 8.19. The molecule has 0 bridgehead atoms. The molecule has 0 spiro atoms. The predicted octanol–water partition coefficient (Wildman–Crippen LogP) is 3.92. The summed E-state index contributed by atoms with van der Waals surface area (Å²) in [5.74, 6) is 2.57. The maximum absolute atomic E-state index is 5.48. The third-order valence-corrected chi connectivity index (χ3v) is 3.79. The largest absolute Gasteiger partial charge is 0.497 e. The summed E-state index contributed by atoms with van der Waals surface area (Å²) in [5, 5.41) is 3.95. The zero-order chi connectivity index (χ0) is 19.1. The topological polar surface area (TPSA) is 75.3 Å². The lowest BCUT2D eigenvalue weighted by molar-refractivity contribution is 0.129. The number of nitrogens with zero attached hydrogens (tertiary/aromatic N) is 2. The number of benzene rings is 2. The van der Waals surface area contributed by atoms with Crippen molar-refractivity contribution in [3.8, 4) is 28.7 Å². The van der Waals surface area contributed by atoms with Crippen LogP contribution in [0.15, 0.2) is 58.3 Å². The zero-order valence-corrected chi connectivity index (χ0v) is 15.3. The van der Waals surface area contributed by atoms with Gasteiger partial charge in [0.25, 0.3) is 0 Å². The van der Waals surface area contributed by atoms with E-state index in [-0.39, 0.29) is 6.61 Å². The van der Waals surface area contributed by atoms with E-state index < -0.39 is 0 Å². The molecule has 140 valence electrons. The molecule has 1 heterocycles. The van der Waals surface area contributed by atoms with E-state index in [4.69, 9.17) is 23.5 Å². The summed E-state index contributed by atoms with van der Waals surface area (Å²) in [6, 6.07) is 12.9. The standard InChI is InChI=1S/C20H20N2O5/c1-23-17-7-5-15(6-8-17)20-22-16(12-26-20)13-27-21-11-14-4-9-18(24-2)19(10-14)25-3/h4-12H,13H2,1-3H3/b21-11+. The Morgan fingerprint density at radius 2 is 1.74 bits per heavy atom. The summed E-state index contributed by atoms with van der Waals surface area (Å²) in [6.07, 6.45) is 3.14. The number of methoxy groups -OCH3 is 3. The molecule has 0 fully saturated rings. The van der Waals surface area contributed by atoms with Crippen LogP contribution in [0.3, 0.4) is 0 Å². The predicted molar refractivity (Wildman–Crippen MR) is 100 cm³/mol. The summed E-state index contributed by atoms with van der Waals surface area (Å²) in [5.41, 5.74) is 2.33. The maximum Gasteiger partial charge on any atom is 0.226 e. The minimum Gasteiger partial charge on any atom is -0.497 e. The van der Waals surface area contributed by atoms with E-state index in [1.165, 1.54) is 0 Å². The smallest absolute Gasteiger partial charge is 0.226 e. The average molecular weight is 368 g/mol. The molecule has 3 aromatic rings. The Morgan fingerprint density at radius 1 is 0.963 bits per heavy atom. The van der Waals surface area contributed by atoms with Gasteiger partial charge in [-0.1, -0.05) is 5.16 Å². The molecule has 0 amide bonds. The van der Waals surface area contributed by atoms with E-state index in [1.807, 2.05) is 36.4 Å². The van der Waals surface area contributed by atoms with Crippen LogP contribution in [0.4, 0.5) is 0 Å². The SMILES string of the molecule is COc1ccc(-c2nc(CO/N=C/c3ccc(OC)c(OC)c3)co2)cc1. The molecule has 1 aromatic heterocycles. The van der Waals surface area contributed by atoms with Gasteiger partial charge in [-0.15, -0.1) is 0 Å². The summed E-state index contributed by atoms with van der Waals surface area (Å²) in [4.78, 5) is 9.68. The lowest BCUT2D eigenvalue weighted by Gasteiger charge is -2.07. The Kier molecular flexibility index (Phi) is 5.94. The van der Waals surface area contributed by atoms with E-state index in [2.05, 4.69) is 10.1 Å².